The van der Waals surface area contributed by atoms with Gasteiger partial charge in [0.15, 0.2) is 0 Å². The summed E-state index contributed by atoms with van der Waals surface area (Å²) < 4.78 is 8.37. The lowest BCUT2D eigenvalue weighted by Crippen LogP contribution is -1.95. The Hall–Kier alpha value is -2.08. The molecule has 0 aliphatic carbocycles. The summed E-state index contributed by atoms with van der Waals surface area (Å²) in [7, 11) is 0. The first kappa shape index (κ1) is 12.0. The van der Waals surface area contributed by atoms with Gasteiger partial charge in [-0.1, -0.05) is 0 Å². The van der Waals surface area contributed by atoms with Crippen molar-refractivity contribution >= 4 is 27.1 Å². The molecule has 2 N–H and O–H groups in total. The van der Waals surface area contributed by atoms with Gasteiger partial charge in [0.2, 0.25) is 5.88 Å². The zero-order valence-electron chi connectivity index (χ0n) is 10.2. The molecule has 2 aromatic heterocycles. The van der Waals surface area contributed by atoms with Crippen LogP contribution in [0.4, 0.5) is 5.69 Å². The molecule has 2 heterocycles. The maximum atomic E-state index is 5.82. The van der Waals surface area contributed by atoms with E-state index in [2.05, 4.69) is 26.0 Å². The minimum atomic E-state index is 0.495. The highest BCUT2D eigenvalue weighted by molar-refractivity contribution is 9.10. The Morgan fingerprint density at radius 3 is 3.00 bits per heavy atom. The second-order valence-corrected chi connectivity index (χ2v) is 4.99. The molecule has 19 heavy (non-hydrogen) atoms. The largest absolute Gasteiger partial charge is 0.436 e. The van der Waals surface area contributed by atoms with Crippen molar-refractivity contribution in [1.82, 2.24) is 14.6 Å². The number of hydrogen-bond donors (Lipinski definition) is 1. The second-order valence-electron chi connectivity index (χ2n) is 4.14. The Balaban J connectivity index is 2.08. The molecular formula is C13H11BrN4O. The zero-order chi connectivity index (χ0) is 13.4. The molecule has 3 rings (SSSR count). The molecule has 5 nitrogen and oxygen atoms in total. The molecule has 96 valence electrons. The average Bonchev–Trinajstić information content (AvgIpc) is 2.75. The van der Waals surface area contributed by atoms with Gasteiger partial charge >= 0.3 is 0 Å². The van der Waals surface area contributed by atoms with Gasteiger partial charge in [-0.2, -0.15) is 5.10 Å². The molecule has 0 radical (unpaired) electrons. The van der Waals surface area contributed by atoms with Crippen molar-refractivity contribution in [2.45, 2.75) is 6.92 Å². The van der Waals surface area contributed by atoms with E-state index < -0.39 is 0 Å². The van der Waals surface area contributed by atoms with Gasteiger partial charge < -0.3 is 10.5 Å². The van der Waals surface area contributed by atoms with Crippen molar-refractivity contribution in [3.63, 3.8) is 0 Å². The number of hydrogen-bond acceptors (Lipinski definition) is 4. The fraction of sp³-hybridized carbons (Fsp3) is 0.0769. The fourth-order valence-electron chi connectivity index (χ4n) is 1.80. The van der Waals surface area contributed by atoms with Crippen LogP contribution in [-0.4, -0.2) is 14.6 Å². The molecule has 0 atom stereocenters. The summed E-state index contributed by atoms with van der Waals surface area (Å²) in [6.45, 7) is 1.92. The lowest BCUT2D eigenvalue weighted by molar-refractivity contribution is 0.463. The van der Waals surface area contributed by atoms with Gasteiger partial charge in [0.25, 0.3) is 0 Å². The van der Waals surface area contributed by atoms with Crippen molar-refractivity contribution in [2.24, 2.45) is 0 Å². The molecule has 0 aliphatic heterocycles. The van der Waals surface area contributed by atoms with Crippen LogP contribution in [0, 0.1) is 6.92 Å². The summed E-state index contributed by atoms with van der Waals surface area (Å²) in [5.41, 5.74) is 8.11. The van der Waals surface area contributed by atoms with Gasteiger partial charge in [-0.25, -0.2) is 9.50 Å². The Labute approximate surface area is 118 Å². The van der Waals surface area contributed by atoms with Crippen LogP contribution in [0.3, 0.4) is 0 Å². The number of ether oxygens (including phenoxy) is 1. The van der Waals surface area contributed by atoms with E-state index in [4.69, 9.17) is 10.5 Å². The first-order valence-corrected chi connectivity index (χ1v) is 6.46. The van der Waals surface area contributed by atoms with Crippen LogP contribution in [0.5, 0.6) is 11.6 Å². The topological polar surface area (TPSA) is 65.4 Å². The molecule has 0 bridgehead atoms. The third kappa shape index (κ3) is 2.26. The monoisotopic (exact) mass is 318 g/mol. The highest BCUT2D eigenvalue weighted by Crippen LogP contribution is 2.32. The van der Waals surface area contributed by atoms with Crippen LogP contribution < -0.4 is 10.5 Å². The first-order chi connectivity index (χ1) is 9.13. The number of aryl methyl sites for hydroxylation is 1. The quantitative estimate of drug-likeness (QED) is 0.737. The average molecular weight is 319 g/mol. The van der Waals surface area contributed by atoms with E-state index in [1.54, 1.807) is 29.0 Å². The molecule has 0 saturated carbocycles. The molecule has 0 aliphatic rings. The summed E-state index contributed by atoms with van der Waals surface area (Å²) in [5, 5.41) is 4.32. The highest BCUT2D eigenvalue weighted by Gasteiger charge is 2.10. The third-order valence-electron chi connectivity index (χ3n) is 2.64. The zero-order valence-corrected chi connectivity index (χ0v) is 11.8. The Bertz CT molecular complexity index is 753. The molecule has 1 aromatic carbocycles. The van der Waals surface area contributed by atoms with Crippen molar-refractivity contribution in [3.05, 3.63) is 46.8 Å². The molecule has 6 heteroatoms. The lowest BCUT2D eigenvalue weighted by atomic mass is 10.3. The number of nitrogens with two attached hydrogens (primary N) is 1. The lowest BCUT2D eigenvalue weighted by Gasteiger charge is -2.08. The second kappa shape index (κ2) is 4.55. The third-order valence-corrected chi connectivity index (χ3v) is 3.29. The van der Waals surface area contributed by atoms with Gasteiger partial charge in [-0.15, -0.1) is 0 Å². The fourth-order valence-corrected chi connectivity index (χ4v) is 2.13. The molecule has 3 aromatic rings. The number of rotatable bonds is 2. The number of nitrogens with zero attached hydrogens (tertiary/aromatic N) is 3. The van der Waals surface area contributed by atoms with Crippen molar-refractivity contribution in [1.29, 1.82) is 0 Å². The molecule has 0 unspecified atom stereocenters. The van der Waals surface area contributed by atoms with Crippen LogP contribution in [0.2, 0.25) is 0 Å². The number of anilines is 1. The number of benzene rings is 1. The van der Waals surface area contributed by atoms with Gasteiger partial charge in [-0.3, -0.25) is 0 Å². The Morgan fingerprint density at radius 2 is 2.16 bits per heavy atom. The molecule has 0 saturated heterocycles. The van der Waals surface area contributed by atoms with Crippen LogP contribution in [0.1, 0.15) is 5.69 Å². The predicted octanol–water partition coefficient (Wildman–Crippen LogP) is 3.17. The highest BCUT2D eigenvalue weighted by atomic mass is 79.9. The van der Waals surface area contributed by atoms with Crippen LogP contribution in [0.25, 0.3) is 5.52 Å². The predicted molar refractivity (Wildman–Crippen MR) is 76.4 cm³/mol. The van der Waals surface area contributed by atoms with Gasteiger partial charge in [-0.05, 0) is 41.1 Å². The number of nitrogen functional groups attached to an aromatic ring is 1. The van der Waals surface area contributed by atoms with Gasteiger partial charge in [0.05, 0.1) is 10.2 Å². The summed E-state index contributed by atoms with van der Waals surface area (Å²) in [6, 6.07) is 7.31. The van der Waals surface area contributed by atoms with Crippen molar-refractivity contribution < 1.29 is 4.74 Å². The summed E-state index contributed by atoms with van der Waals surface area (Å²) in [4.78, 5) is 4.24. The van der Waals surface area contributed by atoms with E-state index >= 15 is 0 Å². The maximum Gasteiger partial charge on any atom is 0.245 e. The molecule has 0 amide bonds. The first-order valence-electron chi connectivity index (χ1n) is 5.67. The molecular weight excluding hydrogens is 308 g/mol. The smallest absolute Gasteiger partial charge is 0.245 e. The standard InChI is InChI=1S/C13H11BrN4O/c1-8-6-11-13(16-4-5-18(11)17-8)19-12-7-9(15)2-3-10(12)14/h2-7H,15H2,1H3. The number of fused-ring (bicyclic) bond motifs is 1. The van der Waals surface area contributed by atoms with E-state index in [-0.39, 0.29) is 0 Å². The van der Waals surface area contributed by atoms with Crippen molar-refractivity contribution in [3.8, 4) is 11.6 Å². The Kier molecular flexibility index (Phi) is 2.87. The minimum Gasteiger partial charge on any atom is -0.436 e. The minimum absolute atomic E-state index is 0.495. The normalized spacial score (nSPS) is 10.8. The van der Waals surface area contributed by atoms with Crippen LogP contribution in [-0.2, 0) is 0 Å². The molecule has 0 fully saturated rings. The van der Waals surface area contributed by atoms with E-state index in [1.807, 2.05) is 19.1 Å². The van der Waals surface area contributed by atoms with E-state index in [1.165, 1.54) is 0 Å². The van der Waals surface area contributed by atoms with Gasteiger partial charge in [0.1, 0.15) is 11.3 Å². The molecule has 0 spiro atoms. The van der Waals surface area contributed by atoms with E-state index in [9.17, 15) is 0 Å². The maximum absolute atomic E-state index is 5.82. The van der Waals surface area contributed by atoms with E-state index in [0.29, 0.717) is 17.3 Å². The number of aromatic nitrogens is 3. The van der Waals surface area contributed by atoms with Crippen LogP contribution in [0.15, 0.2) is 41.1 Å². The number of halogens is 1. The summed E-state index contributed by atoms with van der Waals surface area (Å²) >= 11 is 3.43. The summed E-state index contributed by atoms with van der Waals surface area (Å²) in [5.74, 6) is 1.12. The van der Waals surface area contributed by atoms with Crippen molar-refractivity contribution in [2.75, 3.05) is 5.73 Å². The van der Waals surface area contributed by atoms with E-state index in [0.717, 1.165) is 15.7 Å². The Morgan fingerprint density at radius 1 is 1.32 bits per heavy atom. The van der Waals surface area contributed by atoms with Crippen LogP contribution >= 0.6 is 15.9 Å². The SMILES string of the molecule is Cc1cc2c(Oc3cc(N)ccc3Br)nccn2n1. The summed E-state index contributed by atoms with van der Waals surface area (Å²) in [6.07, 6.45) is 3.43. The van der Waals surface area contributed by atoms with Gasteiger partial charge in [0, 0.05) is 24.1 Å².